The predicted molar refractivity (Wildman–Crippen MR) is 82.2 cm³/mol. The Labute approximate surface area is 124 Å². The van der Waals surface area contributed by atoms with Crippen molar-refractivity contribution < 1.29 is 4.39 Å². The summed E-state index contributed by atoms with van der Waals surface area (Å²) in [5, 5.41) is 3.45. The zero-order chi connectivity index (χ0) is 13.2. The first-order valence-corrected chi connectivity index (χ1v) is 7.95. The highest BCUT2D eigenvalue weighted by atomic mass is 79.9. The molecule has 1 atom stereocenters. The Morgan fingerprint density at radius 2 is 2.05 bits per heavy atom. The molecule has 0 fully saturated rings. The molecule has 4 heteroatoms. The second-order valence-corrected chi connectivity index (χ2v) is 6.49. The molecule has 1 unspecified atom stereocenters. The molecule has 0 spiro atoms. The van der Waals surface area contributed by atoms with Gasteiger partial charge in [-0.1, -0.05) is 18.2 Å². The molecule has 1 aliphatic rings. The molecule has 2 aromatic rings. The van der Waals surface area contributed by atoms with E-state index >= 15 is 0 Å². The summed E-state index contributed by atoms with van der Waals surface area (Å²) in [5.41, 5.74) is 2.11. The van der Waals surface area contributed by atoms with Crippen LogP contribution in [0.25, 0.3) is 0 Å². The van der Waals surface area contributed by atoms with Crippen LogP contribution in [0.4, 0.5) is 10.1 Å². The molecule has 1 nitrogen and oxygen atoms in total. The van der Waals surface area contributed by atoms with E-state index < -0.39 is 0 Å². The molecule has 0 saturated carbocycles. The summed E-state index contributed by atoms with van der Waals surface area (Å²) < 4.78 is 14.2. The maximum atomic E-state index is 13.3. The Balaban J connectivity index is 1.90. The minimum absolute atomic E-state index is 0.218. The lowest BCUT2D eigenvalue weighted by atomic mass is 10.0. The van der Waals surface area contributed by atoms with E-state index in [9.17, 15) is 4.39 Å². The Bertz CT molecular complexity index is 602. The van der Waals surface area contributed by atoms with Crippen LogP contribution in [0.3, 0.4) is 0 Å². The molecule has 0 saturated heterocycles. The van der Waals surface area contributed by atoms with Crippen LogP contribution in [0.1, 0.15) is 18.0 Å². The molecule has 0 aliphatic carbocycles. The van der Waals surface area contributed by atoms with Gasteiger partial charge in [0.2, 0.25) is 0 Å². The van der Waals surface area contributed by atoms with E-state index in [4.69, 9.17) is 0 Å². The van der Waals surface area contributed by atoms with Crippen LogP contribution in [-0.2, 0) is 0 Å². The molecule has 1 N–H and O–H groups in total. The summed E-state index contributed by atoms with van der Waals surface area (Å²) in [6.45, 7) is 0. The molecule has 3 rings (SSSR count). The Morgan fingerprint density at radius 1 is 1.21 bits per heavy atom. The lowest BCUT2D eigenvalue weighted by Crippen LogP contribution is -2.16. The number of thioether (sulfide) groups is 1. The molecule has 19 heavy (non-hydrogen) atoms. The van der Waals surface area contributed by atoms with Crippen LogP contribution in [0, 0.1) is 5.82 Å². The normalized spacial score (nSPS) is 17.9. The summed E-state index contributed by atoms with van der Waals surface area (Å²) in [6, 6.07) is 13.4. The van der Waals surface area contributed by atoms with Gasteiger partial charge >= 0.3 is 0 Å². The van der Waals surface area contributed by atoms with Gasteiger partial charge in [-0.05, 0) is 52.2 Å². The minimum Gasteiger partial charge on any atom is -0.377 e. The Hall–Kier alpha value is -1.00. The molecular weight excluding hydrogens is 325 g/mol. The van der Waals surface area contributed by atoms with E-state index in [0.717, 1.165) is 22.3 Å². The monoisotopic (exact) mass is 337 g/mol. The van der Waals surface area contributed by atoms with E-state index in [1.165, 1.54) is 22.6 Å². The molecule has 0 radical (unpaired) electrons. The van der Waals surface area contributed by atoms with Gasteiger partial charge in [-0.25, -0.2) is 4.39 Å². The van der Waals surface area contributed by atoms with Crippen molar-refractivity contribution >= 4 is 33.4 Å². The maximum Gasteiger partial charge on any atom is 0.125 e. The number of benzene rings is 2. The highest BCUT2D eigenvalue weighted by molar-refractivity contribution is 9.10. The quantitative estimate of drug-likeness (QED) is 0.804. The largest absolute Gasteiger partial charge is 0.377 e. The standard InChI is InChI=1S/C15H13BrFNS/c16-12-6-5-10(17)9-14(12)18-13-7-8-19-15-4-2-1-3-11(13)15/h1-6,9,13,18H,7-8H2. The summed E-state index contributed by atoms with van der Waals surface area (Å²) in [7, 11) is 0. The number of hydrogen-bond donors (Lipinski definition) is 1. The first kappa shape index (κ1) is 13.0. The highest BCUT2D eigenvalue weighted by Gasteiger charge is 2.20. The van der Waals surface area contributed by atoms with Gasteiger partial charge < -0.3 is 5.32 Å². The van der Waals surface area contributed by atoms with Gasteiger partial charge in [0, 0.05) is 15.1 Å². The van der Waals surface area contributed by atoms with Crippen molar-refractivity contribution in [2.75, 3.05) is 11.1 Å². The van der Waals surface area contributed by atoms with E-state index in [1.807, 2.05) is 11.8 Å². The lowest BCUT2D eigenvalue weighted by Gasteiger charge is -2.27. The third kappa shape index (κ3) is 2.79. The molecule has 0 aromatic heterocycles. The van der Waals surface area contributed by atoms with Gasteiger partial charge in [0.15, 0.2) is 0 Å². The van der Waals surface area contributed by atoms with E-state index in [2.05, 4.69) is 45.5 Å². The van der Waals surface area contributed by atoms with Gasteiger partial charge in [-0.15, -0.1) is 11.8 Å². The van der Waals surface area contributed by atoms with Crippen molar-refractivity contribution in [1.29, 1.82) is 0 Å². The molecule has 98 valence electrons. The molecule has 0 bridgehead atoms. The van der Waals surface area contributed by atoms with Crippen LogP contribution < -0.4 is 5.32 Å². The second kappa shape index (κ2) is 5.55. The third-order valence-electron chi connectivity index (χ3n) is 3.22. The van der Waals surface area contributed by atoms with E-state index in [-0.39, 0.29) is 11.9 Å². The van der Waals surface area contributed by atoms with Crippen LogP contribution in [-0.4, -0.2) is 5.75 Å². The second-order valence-electron chi connectivity index (χ2n) is 4.50. The van der Waals surface area contributed by atoms with Gasteiger partial charge in [0.1, 0.15) is 5.82 Å². The summed E-state index contributed by atoms with van der Waals surface area (Å²) in [6.07, 6.45) is 1.05. The fraction of sp³-hybridized carbons (Fsp3) is 0.200. The van der Waals surface area contributed by atoms with Gasteiger partial charge in [-0.3, -0.25) is 0 Å². The average molecular weight is 338 g/mol. The number of rotatable bonds is 2. The maximum absolute atomic E-state index is 13.3. The molecular formula is C15H13BrFNS. The molecule has 1 heterocycles. The van der Waals surface area contributed by atoms with Gasteiger partial charge in [0.05, 0.1) is 11.7 Å². The zero-order valence-corrected chi connectivity index (χ0v) is 12.6. The summed E-state index contributed by atoms with van der Waals surface area (Å²) in [5.74, 6) is 0.867. The van der Waals surface area contributed by atoms with Crippen molar-refractivity contribution in [2.24, 2.45) is 0 Å². The SMILES string of the molecule is Fc1ccc(Br)c(NC2CCSc3ccccc32)c1. The lowest BCUT2D eigenvalue weighted by molar-refractivity contribution is 0.627. The smallest absolute Gasteiger partial charge is 0.125 e. The predicted octanol–water partition coefficient (Wildman–Crippen LogP) is 5.24. The number of halogens is 2. The van der Waals surface area contributed by atoms with Crippen molar-refractivity contribution in [3.8, 4) is 0 Å². The van der Waals surface area contributed by atoms with E-state index in [1.54, 1.807) is 6.07 Å². The van der Waals surface area contributed by atoms with Crippen LogP contribution in [0.15, 0.2) is 51.8 Å². The molecule has 1 aliphatic heterocycles. The van der Waals surface area contributed by atoms with Crippen LogP contribution >= 0.6 is 27.7 Å². The van der Waals surface area contributed by atoms with Crippen molar-refractivity contribution in [3.63, 3.8) is 0 Å². The Kier molecular flexibility index (Phi) is 3.80. The number of hydrogen-bond acceptors (Lipinski definition) is 2. The average Bonchev–Trinajstić information content (AvgIpc) is 2.43. The number of anilines is 1. The fourth-order valence-corrected chi connectivity index (χ4v) is 3.77. The van der Waals surface area contributed by atoms with Crippen LogP contribution in [0.5, 0.6) is 0 Å². The van der Waals surface area contributed by atoms with Crippen molar-refractivity contribution in [3.05, 3.63) is 58.3 Å². The van der Waals surface area contributed by atoms with Crippen molar-refractivity contribution in [1.82, 2.24) is 0 Å². The van der Waals surface area contributed by atoms with Gasteiger partial charge in [0.25, 0.3) is 0 Å². The van der Waals surface area contributed by atoms with E-state index in [0.29, 0.717) is 0 Å². The van der Waals surface area contributed by atoms with Gasteiger partial charge in [-0.2, -0.15) is 0 Å². The highest BCUT2D eigenvalue weighted by Crippen LogP contribution is 2.38. The number of fused-ring (bicyclic) bond motifs is 1. The number of nitrogens with one attached hydrogen (secondary N) is 1. The fourth-order valence-electron chi connectivity index (χ4n) is 2.29. The topological polar surface area (TPSA) is 12.0 Å². The molecule has 2 aromatic carbocycles. The zero-order valence-electron chi connectivity index (χ0n) is 10.2. The molecule has 0 amide bonds. The first-order chi connectivity index (χ1) is 9.24. The summed E-state index contributed by atoms with van der Waals surface area (Å²) >= 11 is 5.35. The Morgan fingerprint density at radius 3 is 2.95 bits per heavy atom. The van der Waals surface area contributed by atoms with Crippen LogP contribution in [0.2, 0.25) is 0 Å². The van der Waals surface area contributed by atoms with Crippen molar-refractivity contribution in [2.45, 2.75) is 17.4 Å². The first-order valence-electron chi connectivity index (χ1n) is 6.17. The minimum atomic E-state index is -0.218. The summed E-state index contributed by atoms with van der Waals surface area (Å²) in [4.78, 5) is 1.32. The third-order valence-corrected chi connectivity index (χ3v) is 5.03.